The van der Waals surface area contributed by atoms with Crippen LogP contribution < -0.4 is 20.1 Å². The second kappa shape index (κ2) is 7.53. The topological polar surface area (TPSA) is 96.9 Å². The smallest absolute Gasteiger partial charge is 0.313 e. The number of amides is 2. The second-order valence-corrected chi connectivity index (χ2v) is 6.20. The quantitative estimate of drug-likeness (QED) is 0.724. The van der Waals surface area contributed by atoms with Crippen molar-refractivity contribution < 1.29 is 24.2 Å². The number of fused-ring (bicyclic) bond motifs is 1. The van der Waals surface area contributed by atoms with Gasteiger partial charge in [-0.15, -0.1) is 0 Å². The number of ether oxygens (including phenoxy) is 2. The monoisotopic (exact) mass is 334 g/mol. The second-order valence-electron chi connectivity index (χ2n) is 6.20. The fourth-order valence-electron chi connectivity index (χ4n) is 3.13. The highest BCUT2D eigenvalue weighted by atomic mass is 16.7. The maximum atomic E-state index is 11.9. The first-order valence-corrected chi connectivity index (χ1v) is 8.30. The number of nitrogens with one attached hydrogen (secondary N) is 2. The third kappa shape index (κ3) is 3.97. The van der Waals surface area contributed by atoms with E-state index in [0.29, 0.717) is 17.2 Å². The molecule has 1 atom stereocenters. The van der Waals surface area contributed by atoms with E-state index in [0.717, 1.165) is 25.7 Å². The average molecular weight is 334 g/mol. The largest absolute Gasteiger partial charge is 0.454 e. The van der Waals surface area contributed by atoms with Gasteiger partial charge < -0.3 is 25.2 Å². The van der Waals surface area contributed by atoms with Crippen LogP contribution in [-0.2, 0) is 9.59 Å². The number of carbonyl (C=O) groups is 2. The number of aliphatic hydroxyl groups is 1. The first-order valence-electron chi connectivity index (χ1n) is 8.30. The molecule has 1 fully saturated rings. The first-order chi connectivity index (χ1) is 11.6. The molecule has 0 bridgehead atoms. The summed E-state index contributed by atoms with van der Waals surface area (Å²) in [5, 5.41) is 15.1. The Hall–Kier alpha value is -2.28. The van der Waals surface area contributed by atoms with Gasteiger partial charge in [-0.25, -0.2) is 0 Å². The molecular weight excluding hydrogens is 312 g/mol. The molecule has 0 radical (unpaired) electrons. The number of benzene rings is 1. The summed E-state index contributed by atoms with van der Waals surface area (Å²) in [6.07, 6.45) is 4.77. The molecule has 0 aromatic heterocycles. The third-order valence-corrected chi connectivity index (χ3v) is 4.50. The van der Waals surface area contributed by atoms with E-state index < -0.39 is 17.9 Å². The van der Waals surface area contributed by atoms with Crippen LogP contribution in [0.2, 0.25) is 0 Å². The molecule has 1 aliphatic heterocycles. The van der Waals surface area contributed by atoms with Gasteiger partial charge in [-0.3, -0.25) is 9.59 Å². The Morgan fingerprint density at radius 1 is 1.12 bits per heavy atom. The fraction of sp³-hybridized carbons (Fsp3) is 0.529. The van der Waals surface area contributed by atoms with E-state index in [1.807, 2.05) is 0 Å². The van der Waals surface area contributed by atoms with Gasteiger partial charge in [0.05, 0.1) is 6.10 Å². The minimum Gasteiger partial charge on any atom is -0.454 e. The van der Waals surface area contributed by atoms with E-state index in [4.69, 9.17) is 9.47 Å². The van der Waals surface area contributed by atoms with Crippen molar-refractivity contribution >= 4 is 17.5 Å². The molecule has 3 rings (SSSR count). The van der Waals surface area contributed by atoms with Crippen LogP contribution in [0, 0.1) is 5.92 Å². The van der Waals surface area contributed by atoms with Gasteiger partial charge in [0.15, 0.2) is 11.5 Å². The van der Waals surface area contributed by atoms with E-state index >= 15 is 0 Å². The minimum atomic E-state index is -0.773. The summed E-state index contributed by atoms with van der Waals surface area (Å²) < 4.78 is 10.4. The maximum Gasteiger partial charge on any atom is 0.313 e. The Morgan fingerprint density at radius 3 is 2.67 bits per heavy atom. The number of rotatable bonds is 4. The summed E-state index contributed by atoms with van der Waals surface area (Å²) in [6, 6.07) is 4.91. The van der Waals surface area contributed by atoms with Crippen molar-refractivity contribution in [3.05, 3.63) is 18.2 Å². The zero-order valence-corrected chi connectivity index (χ0v) is 13.4. The molecule has 2 amide bonds. The molecule has 1 saturated carbocycles. The van der Waals surface area contributed by atoms with E-state index in [9.17, 15) is 14.7 Å². The van der Waals surface area contributed by atoms with Crippen molar-refractivity contribution in [2.24, 2.45) is 5.92 Å². The van der Waals surface area contributed by atoms with Gasteiger partial charge >= 0.3 is 11.8 Å². The van der Waals surface area contributed by atoms with Crippen molar-refractivity contribution in [3.8, 4) is 11.5 Å². The summed E-state index contributed by atoms with van der Waals surface area (Å²) in [6.45, 7) is 0.240. The average Bonchev–Trinajstić information content (AvgIpc) is 3.07. The van der Waals surface area contributed by atoms with E-state index in [1.54, 1.807) is 18.2 Å². The number of hydrogen-bond donors (Lipinski definition) is 3. The summed E-state index contributed by atoms with van der Waals surface area (Å²) in [5.41, 5.74) is 0.451. The summed E-state index contributed by atoms with van der Waals surface area (Å²) in [7, 11) is 0. The van der Waals surface area contributed by atoms with Gasteiger partial charge in [0.1, 0.15) is 0 Å². The van der Waals surface area contributed by atoms with Crippen LogP contribution in [0.15, 0.2) is 18.2 Å². The SMILES string of the molecule is O=C(NCC(O)C1CCCCC1)C(=O)Nc1ccc2c(c1)OCO2. The van der Waals surface area contributed by atoms with Crippen LogP contribution in [0.3, 0.4) is 0 Å². The molecule has 1 heterocycles. The summed E-state index contributed by atoms with van der Waals surface area (Å²) in [4.78, 5) is 23.8. The molecule has 2 aliphatic rings. The Kier molecular flexibility index (Phi) is 5.20. The van der Waals surface area contributed by atoms with Crippen LogP contribution in [0.4, 0.5) is 5.69 Å². The Balaban J connectivity index is 1.47. The van der Waals surface area contributed by atoms with Gasteiger partial charge in [-0.2, -0.15) is 0 Å². The Bertz CT molecular complexity index is 613. The zero-order valence-electron chi connectivity index (χ0n) is 13.4. The van der Waals surface area contributed by atoms with Gasteiger partial charge in [0, 0.05) is 18.3 Å². The molecule has 1 aliphatic carbocycles. The lowest BCUT2D eigenvalue weighted by molar-refractivity contribution is -0.136. The van der Waals surface area contributed by atoms with Gasteiger partial charge in [0.2, 0.25) is 6.79 Å². The molecule has 24 heavy (non-hydrogen) atoms. The standard InChI is InChI=1S/C17H22N2O5/c20-13(11-4-2-1-3-5-11)9-18-16(21)17(22)19-12-6-7-14-15(8-12)24-10-23-14/h6-8,11,13,20H,1-5,9-10H2,(H,18,21)(H,19,22). The maximum absolute atomic E-state index is 11.9. The molecular formula is C17H22N2O5. The Morgan fingerprint density at radius 2 is 1.88 bits per heavy atom. The van der Waals surface area contributed by atoms with Crippen molar-refractivity contribution in [1.82, 2.24) is 5.32 Å². The lowest BCUT2D eigenvalue weighted by atomic mass is 9.85. The number of aliphatic hydroxyl groups excluding tert-OH is 1. The molecule has 0 spiro atoms. The van der Waals surface area contributed by atoms with E-state index in [-0.39, 0.29) is 19.3 Å². The van der Waals surface area contributed by atoms with Gasteiger partial charge in [-0.1, -0.05) is 19.3 Å². The normalized spacial score (nSPS) is 18.0. The molecule has 7 heteroatoms. The predicted octanol–water partition coefficient (Wildman–Crippen LogP) is 1.41. The van der Waals surface area contributed by atoms with Crippen LogP contribution in [0.25, 0.3) is 0 Å². The molecule has 1 unspecified atom stereocenters. The fourth-order valence-corrected chi connectivity index (χ4v) is 3.13. The van der Waals surface area contributed by atoms with E-state index in [2.05, 4.69) is 10.6 Å². The van der Waals surface area contributed by atoms with Crippen LogP contribution in [-0.4, -0.2) is 36.4 Å². The highest BCUT2D eigenvalue weighted by Crippen LogP contribution is 2.34. The highest BCUT2D eigenvalue weighted by molar-refractivity contribution is 6.39. The van der Waals surface area contributed by atoms with E-state index in [1.165, 1.54) is 6.42 Å². The molecule has 1 aromatic carbocycles. The lowest BCUT2D eigenvalue weighted by Crippen LogP contribution is -2.42. The van der Waals surface area contributed by atoms with Crippen molar-refractivity contribution in [2.75, 3.05) is 18.7 Å². The number of hydrogen-bond acceptors (Lipinski definition) is 5. The van der Waals surface area contributed by atoms with Crippen LogP contribution in [0.1, 0.15) is 32.1 Å². The minimum absolute atomic E-state index is 0.0953. The number of anilines is 1. The van der Waals surface area contributed by atoms with Gasteiger partial charge in [0.25, 0.3) is 0 Å². The first kappa shape index (κ1) is 16.6. The molecule has 3 N–H and O–H groups in total. The van der Waals surface area contributed by atoms with Crippen LogP contribution >= 0.6 is 0 Å². The third-order valence-electron chi connectivity index (χ3n) is 4.50. The van der Waals surface area contributed by atoms with Crippen molar-refractivity contribution in [1.29, 1.82) is 0 Å². The summed E-state index contributed by atoms with van der Waals surface area (Å²) >= 11 is 0. The molecule has 130 valence electrons. The lowest BCUT2D eigenvalue weighted by Gasteiger charge is -2.26. The highest BCUT2D eigenvalue weighted by Gasteiger charge is 2.23. The summed E-state index contributed by atoms with van der Waals surface area (Å²) in [5.74, 6) is -0.197. The van der Waals surface area contributed by atoms with Crippen LogP contribution in [0.5, 0.6) is 11.5 Å². The molecule has 1 aromatic rings. The molecule has 0 saturated heterocycles. The Labute approximate surface area is 140 Å². The van der Waals surface area contributed by atoms with Crippen molar-refractivity contribution in [2.45, 2.75) is 38.2 Å². The zero-order chi connectivity index (χ0) is 16.9. The van der Waals surface area contributed by atoms with Gasteiger partial charge in [-0.05, 0) is 30.9 Å². The number of carbonyl (C=O) groups excluding carboxylic acids is 2. The molecule has 7 nitrogen and oxygen atoms in total. The van der Waals surface area contributed by atoms with Crippen molar-refractivity contribution in [3.63, 3.8) is 0 Å². The predicted molar refractivity (Wildman–Crippen MR) is 86.8 cm³/mol.